The molecule has 0 heterocycles. The molecule has 3 atom stereocenters. The largest absolute Gasteiger partial charge is 0.394 e. The summed E-state index contributed by atoms with van der Waals surface area (Å²) in [5, 5.41) is 35.1. The zero-order chi connectivity index (χ0) is 10.6. The van der Waals surface area contributed by atoms with E-state index in [0.717, 1.165) is 0 Å². The monoisotopic (exact) mass is 167 g/mol. The molecule has 0 aromatic carbocycles. The molecule has 0 amide bonds. The van der Waals surface area contributed by atoms with Crippen LogP contribution in [0.5, 0.6) is 0 Å². The van der Waals surface area contributed by atoms with E-state index >= 15 is 0 Å². The number of carbonyl (C=O) groups excluding carboxylic acids is 1. The first-order chi connectivity index (χ1) is 5.87. The van der Waals surface area contributed by atoms with Gasteiger partial charge in [-0.25, -0.2) is 0 Å². The predicted molar refractivity (Wildman–Crippen MR) is 35.8 cm³/mol. The molecule has 0 unspecified atom stereocenters. The number of carbonyl (C=O) groups is 1. The van der Waals surface area contributed by atoms with E-state index in [9.17, 15) is 4.79 Å². The Kier molecular flexibility index (Phi) is 3.39. The summed E-state index contributed by atoms with van der Waals surface area (Å²) in [6.07, 6.45) is -8.51. The Labute approximate surface area is 66.7 Å². The summed E-state index contributed by atoms with van der Waals surface area (Å²) in [7, 11) is 0. The molecule has 4 N–H and O–H groups in total. The molecule has 0 saturated carbocycles. The lowest BCUT2D eigenvalue weighted by atomic mass is 10.2. The zero-order valence-electron chi connectivity index (χ0n) is 7.71. The van der Waals surface area contributed by atoms with Crippen LogP contribution in [0.4, 0.5) is 0 Å². The molecule has 0 spiro atoms. The Balaban J connectivity index is 4.51. The minimum absolute atomic E-state index is 0.0490. The number of aldehydes is 1. The summed E-state index contributed by atoms with van der Waals surface area (Å²) in [6.45, 7) is -0.907. The summed E-state index contributed by atoms with van der Waals surface area (Å²) in [5.41, 5.74) is 0. The highest BCUT2D eigenvalue weighted by atomic mass is 16.3. The molecule has 0 aromatic heterocycles. The van der Waals surface area contributed by atoms with Gasteiger partial charge in [0.05, 0.1) is 18.8 Å². The van der Waals surface area contributed by atoms with Crippen LogP contribution in [0, 0.1) is 0 Å². The maximum atomic E-state index is 9.98. The lowest BCUT2D eigenvalue weighted by Gasteiger charge is -2.14. The van der Waals surface area contributed by atoms with Crippen LogP contribution in [-0.2, 0) is 4.79 Å². The predicted octanol–water partition coefficient (Wildman–Crippen LogP) is -2.35. The van der Waals surface area contributed by atoms with E-state index in [1.54, 1.807) is 0 Å². The Morgan fingerprint density at radius 1 is 1.45 bits per heavy atom. The lowest BCUT2D eigenvalue weighted by Crippen LogP contribution is -2.32. The van der Waals surface area contributed by atoms with Crippen LogP contribution in [0.1, 0.15) is 9.11 Å². The summed E-state index contributed by atoms with van der Waals surface area (Å²) in [4.78, 5) is 9.98. The molecule has 0 aromatic rings. The third-order valence-corrected chi connectivity index (χ3v) is 0.999. The number of aliphatic hydroxyl groups excluding tert-OH is 4. The average Bonchev–Trinajstić information content (AvgIpc) is 2.13. The van der Waals surface area contributed by atoms with Crippen LogP contribution in [0.15, 0.2) is 0 Å². The molecule has 0 fully saturated rings. The van der Waals surface area contributed by atoms with E-state index < -0.39 is 31.3 Å². The van der Waals surface area contributed by atoms with Crippen molar-refractivity contribution in [2.24, 2.45) is 0 Å². The second kappa shape index (κ2) is 5.20. The first kappa shape index (κ1) is 7.17. The Morgan fingerprint density at radius 2 is 2.00 bits per heavy atom. The van der Waals surface area contributed by atoms with Crippen molar-refractivity contribution in [1.29, 1.82) is 0 Å². The fraction of sp³-hybridized carbons (Fsp3) is 0.833. The summed E-state index contributed by atoms with van der Waals surface area (Å²) >= 11 is 0. The van der Waals surface area contributed by atoms with Crippen LogP contribution in [0.2, 0.25) is 0 Å². The van der Waals surface area contributed by atoms with Crippen molar-refractivity contribution in [1.82, 2.24) is 0 Å². The van der Waals surface area contributed by atoms with Crippen molar-refractivity contribution in [2.75, 3.05) is 6.61 Å². The molecule has 0 rings (SSSR count). The highest BCUT2D eigenvalue weighted by Gasteiger charge is 2.18. The number of hydrogen-bond donors (Lipinski definition) is 4. The SMILES string of the molecule is [2H][13C]([2H])([C@H](O)CO)[C@H](O)[C@@H](O)C=O. The molecule has 0 bridgehead atoms. The van der Waals surface area contributed by atoms with E-state index in [0.29, 0.717) is 0 Å². The van der Waals surface area contributed by atoms with Gasteiger partial charge in [0, 0.05) is 9.11 Å². The number of aliphatic hydroxyl groups is 4. The van der Waals surface area contributed by atoms with Crippen LogP contribution in [0.3, 0.4) is 0 Å². The third kappa shape index (κ3) is 4.05. The third-order valence-electron chi connectivity index (χ3n) is 0.999. The van der Waals surface area contributed by atoms with Gasteiger partial charge in [0.2, 0.25) is 0 Å². The van der Waals surface area contributed by atoms with Crippen molar-refractivity contribution < 1.29 is 28.0 Å². The van der Waals surface area contributed by atoms with Gasteiger partial charge >= 0.3 is 0 Å². The Morgan fingerprint density at radius 3 is 2.36 bits per heavy atom. The lowest BCUT2D eigenvalue weighted by molar-refractivity contribution is -0.121. The van der Waals surface area contributed by atoms with E-state index in [1.807, 2.05) is 0 Å². The van der Waals surface area contributed by atoms with E-state index in [1.165, 1.54) is 0 Å². The van der Waals surface area contributed by atoms with Gasteiger partial charge in [-0.1, -0.05) is 0 Å². The molecule has 66 valence electrons. The van der Waals surface area contributed by atoms with Gasteiger partial charge < -0.3 is 25.2 Å². The quantitative estimate of drug-likeness (QED) is 0.271. The van der Waals surface area contributed by atoms with Gasteiger partial charge in [0.15, 0.2) is 6.29 Å². The fourth-order valence-electron chi connectivity index (χ4n) is 0.423. The number of rotatable bonds is 5. The second-order valence-corrected chi connectivity index (χ2v) is 1.94. The molecular weight excluding hydrogens is 153 g/mol. The Hall–Kier alpha value is -0.490. The average molecular weight is 167 g/mol. The van der Waals surface area contributed by atoms with Gasteiger partial charge in [-0.2, -0.15) is 0 Å². The highest BCUT2D eigenvalue weighted by Crippen LogP contribution is 2.00. The standard InChI is InChI=1S/C6H12O5/c7-2-4(9)1-5(10)6(11)3-8/h3-7,9-11H,1-2H2/t4-,5-,6-/m0/s1/i1+1D2. The van der Waals surface area contributed by atoms with Crippen molar-refractivity contribution in [3.63, 3.8) is 0 Å². The molecule has 0 aliphatic carbocycles. The topological polar surface area (TPSA) is 98.0 Å². The molecular formula is C6H12O5. The highest BCUT2D eigenvalue weighted by molar-refractivity contribution is 5.56. The van der Waals surface area contributed by atoms with Gasteiger partial charge in [-0.15, -0.1) is 0 Å². The van der Waals surface area contributed by atoms with Crippen LogP contribution >= 0.6 is 0 Å². The first-order valence-electron chi connectivity index (χ1n) is 3.98. The van der Waals surface area contributed by atoms with Crippen molar-refractivity contribution in [3.05, 3.63) is 0 Å². The minimum Gasteiger partial charge on any atom is -0.394 e. The van der Waals surface area contributed by atoms with Crippen LogP contribution in [-0.4, -0.2) is 51.6 Å². The van der Waals surface area contributed by atoms with Crippen molar-refractivity contribution >= 4 is 6.29 Å². The van der Waals surface area contributed by atoms with Crippen LogP contribution < -0.4 is 0 Å². The summed E-state index contributed by atoms with van der Waals surface area (Å²) < 4.78 is 14.1. The summed E-state index contributed by atoms with van der Waals surface area (Å²) in [6, 6.07) is 0. The van der Waals surface area contributed by atoms with Crippen molar-refractivity contribution in [2.45, 2.75) is 24.7 Å². The molecule has 0 aliphatic heterocycles. The van der Waals surface area contributed by atoms with Gasteiger partial charge in [-0.3, -0.25) is 0 Å². The van der Waals surface area contributed by atoms with Crippen molar-refractivity contribution in [3.8, 4) is 0 Å². The summed E-state index contributed by atoms with van der Waals surface area (Å²) in [5.74, 6) is 0. The van der Waals surface area contributed by atoms with Gasteiger partial charge in [0.1, 0.15) is 6.10 Å². The zero-order valence-corrected chi connectivity index (χ0v) is 5.71. The van der Waals surface area contributed by atoms with Gasteiger partial charge in [0.25, 0.3) is 0 Å². The fourth-order valence-corrected chi connectivity index (χ4v) is 0.423. The molecule has 11 heavy (non-hydrogen) atoms. The molecule has 0 aliphatic rings. The smallest absolute Gasteiger partial charge is 0.151 e. The maximum absolute atomic E-state index is 9.98. The maximum Gasteiger partial charge on any atom is 0.151 e. The van der Waals surface area contributed by atoms with E-state index in [4.69, 9.17) is 23.2 Å². The second-order valence-electron chi connectivity index (χ2n) is 1.94. The molecule has 5 heteroatoms. The Bertz CT molecular complexity index is 174. The molecule has 0 radical (unpaired) electrons. The normalized spacial score (nSPS) is 22.9. The van der Waals surface area contributed by atoms with Gasteiger partial charge in [-0.05, 0) is 0 Å². The first-order valence-corrected chi connectivity index (χ1v) is 2.98. The number of hydrogen-bond acceptors (Lipinski definition) is 5. The molecule has 5 nitrogen and oxygen atoms in total. The minimum atomic E-state index is -2.63. The van der Waals surface area contributed by atoms with E-state index in [2.05, 4.69) is 0 Å². The van der Waals surface area contributed by atoms with E-state index in [-0.39, 0.29) is 6.29 Å². The molecule has 0 saturated heterocycles. The van der Waals surface area contributed by atoms with Crippen LogP contribution in [0.25, 0.3) is 0 Å².